The van der Waals surface area contributed by atoms with Crippen molar-refractivity contribution in [1.29, 1.82) is 0 Å². The minimum atomic E-state index is -4.63. The van der Waals surface area contributed by atoms with Crippen molar-refractivity contribution < 1.29 is 27.5 Å². The summed E-state index contributed by atoms with van der Waals surface area (Å²) in [4.78, 5) is 23.6. The fraction of sp³-hybridized carbons (Fsp3) is 0.385. The van der Waals surface area contributed by atoms with E-state index in [0.29, 0.717) is 0 Å². The molecule has 0 atom stereocenters. The highest BCUT2D eigenvalue weighted by Gasteiger charge is 2.34. The number of halogens is 4. The molecule has 2 amide bonds. The number of alkyl carbamates (subject to hydrolysis) is 1. The maximum absolute atomic E-state index is 12.8. The second-order valence-corrected chi connectivity index (χ2v) is 4.66. The Kier molecular flexibility index (Phi) is 6.04. The number of benzene rings is 1. The number of carbonyl (C=O) groups is 2. The zero-order valence-electron chi connectivity index (χ0n) is 11.8. The Morgan fingerprint density at radius 3 is 2.50 bits per heavy atom. The smallest absolute Gasteiger partial charge is 0.417 e. The molecule has 0 aromatic heterocycles. The SMILES string of the molecule is COC(=O)NCCN(C(C)=O)c1ccc(Cl)c(C(F)(F)F)c1. The normalized spacial score (nSPS) is 11.0. The van der Waals surface area contributed by atoms with Crippen molar-refractivity contribution in [3.63, 3.8) is 0 Å². The predicted molar refractivity (Wildman–Crippen MR) is 74.9 cm³/mol. The maximum atomic E-state index is 12.8. The minimum absolute atomic E-state index is 0.0106. The first kappa shape index (κ1) is 18.1. The molecule has 0 saturated heterocycles. The quantitative estimate of drug-likeness (QED) is 0.918. The van der Waals surface area contributed by atoms with E-state index < -0.39 is 28.8 Å². The van der Waals surface area contributed by atoms with Crippen molar-refractivity contribution in [2.45, 2.75) is 13.1 Å². The summed E-state index contributed by atoms with van der Waals surface area (Å²) in [7, 11) is 1.17. The number of hydrogen-bond donors (Lipinski definition) is 1. The van der Waals surface area contributed by atoms with Gasteiger partial charge in [-0.2, -0.15) is 13.2 Å². The van der Waals surface area contributed by atoms with Crippen molar-refractivity contribution in [2.24, 2.45) is 0 Å². The van der Waals surface area contributed by atoms with Gasteiger partial charge in [-0.1, -0.05) is 11.6 Å². The highest BCUT2D eigenvalue weighted by Crippen LogP contribution is 2.36. The summed E-state index contributed by atoms with van der Waals surface area (Å²) in [5, 5.41) is 1.89. The van der Waals surface area contributed by atoms with Gasteiger partial charge in [-0.25, -0.2) is 4.79 Å². The first-order chi connectivity index (χ1) is 10.2. The van der Waals surface area contributed by atoms with E-state index in [1.165, 1.54) is 20.1 Å². The molecular formula is C13H14ClF3N2O3. The van der Waals surface area contributed by atoms with Gasteiger partial charge in [-0.15, -0.1) is 0 Å². The fourth-order valence-corrected chi connectivity index (χ4v) is 1.93. The molecule has 1 N–H and O–H groups in total. The topological polar surface area (TPSA) is 58.6 Å². The van der Waals surface area contributed by atoms with Crippen LogP contribution in [0.3, 0.4) is 0 Å². The summed E-state index contributed by atoms with van der Waals surface area (Å²) >= 11 is 5.53. The molecule has 122 valence electrons. The second-order valence-electron chi connectivity index (χ2n) is 4.25. The van der Waals surface area contributed by atoms with Crippen molar-refractivity contribution in [1.82, 2.24) is 5.32 Å². The van der Waals surface area contributed by atoms with E-state index in [0.717, 1.165) is 17.0 Å². The van der Waals surface area contributed by atoms with Crippen LogP contribution in [0.5, 0.6) is 0 Å². The summed E-state index contributed by atoms with van der Waals surface area (Å²) < 4.78 is 42.9. The lowest BCUT2D eigenvalue weighted by Gasteiger charge is -2.22. The average Bonchev–Trinajstić information content (AvgIpc) is 2.42. The Morgan fingerprint density at radius 1 is 1.36 bits per heavy atom. The van der Waals surface area contributed by atoms with Gasteiger partial charge in [0.2, 0.25) is 5.91 Å². The lowest BCUT2D eigenvalue weighted by molar-refractivity contribution is -0.137. The molecule has 0 aliphatic heterocycles. The van der Waals surface area contributed by atoms with Gasteiger partial charge in [0.05, 0.1) is 17.7 Å². The van der Waals surface area contributed by atoms with Crippen molar-refractivity contribution in [3.8, 4) is 0 Å². The zero-order valence-corrected chi connectivity index (χ0v) is 12.6. The molecule has 1 aromatic carbocycles. The predicted octanol–water partition coefficient (Wildman–Crippen LogP) is 3.07. The Hall–Kier alpha value is -1.96. The monoisotopic (exact) mass is 338 g/mol. The van der Waals surface area contributed by atoms with Crippen LogP contribution in [0.1, 0.15) is 12.5 Å². The Bertz CT molecular complexity index is 564. The van der Waals surface area contributed by atoms with E-state index in [2.05, 4.69) is 10.1 Å². The van der Waals surface area contributed by atoms with Gasteiger partial charge in [0.1, 0.15) is 0 Å². The van der Waals surface area contributed by atoms with Gasteiger partial charge in [0.25, 0.3) is 0 Å². The molecule has 0 saturated carbocycles. The van der Waals surface area contributed by atoms with E-state index in [1.807, 2.05) is 0 Å². The number of rotatable bonds is 4. The number of nitrogens with one attached hydrogen (secondary N) is 1. The van der Waals surface area contributed by atoms with E-state index in [-0.39, 0.29) is 18.8 Å². The molecule has 1 aromatic rings. The van der Waals surface area contributed by atoms with Crippen LogP contribution in [-0.2, 0) is 15.7 Å². The maximum Gasteiger partial charge on any atom is 0.417 e. The van der Waals surface area contributed by atoms with Gasteiger partial charge >= 0.3 is 12.3 Å². The molecule has 0 aliphatic rings. The van der Waals surface area contributed by atoms with Gasteiger partial charge in [-0.3, -0.25) is 4.79 Å². The lowest BCUT2D eigenvalue weighted by atomic mass is 10.1. The number of methoxy groups -OCH3 is 1. The van der Waals surface area contributed by atoms with Crippen molar-refractivity contribution >= 4 is 29.3 Å². The van der Waals surface area contributed by atoms with E-state index >= 15 is 0 Å². The second kappa shape index (κ2) is 7.35. The van der Waals surface area contributed by atoms with Crippen LogP contribution >= 0.6 is 11.6 Å². The Labute approximate surface area is 130 Å². The third-order valence-electron chi connectivity index (χ3n) is 2.74. The molecule has 5 nitrogen and oxygen atoms in total. The molecule has 1 rings (SSSR count). The van der Waals surface area contributed by atoms with Gasteiger partial charge < -0.3 is 15.0 Å². The largest absolute Gasteiger partial charge is 0.453 e. The molecule has 0 fully saturated rings. The van der Waals surface area contributed by atoms with Crippen LogP contribution in [0.4, 0.5) is 23.7 Å². The van der Waals surface area contributed by atoms with Gasteiger partial charge in [-0.05, 0) is 18.2 Å². The number of hydrogen-bond acceptors (Lipinski definition) is 3. The lowest BCUT2D eigenvalue weighted by Crippen LogP contribution is -2.37. The van der Waals surface area contributed by atoms with Crippen molar-refractivity contribution in [3.05, 3.63) is 28.8 Å². The Balaban J connectivity index is 2.97. The molecular weight excluding hydrogens is 325 g/mol. The molecule has 22 heavy (non-hydrogen) atoms. The summed E-state index contributed by atoms with van der Waals surface area (Å²) in [6, 6.07) is 3.17. The fourth-order valence-electron chi connectivity index (χ4n) is 1.71. The summed E-state index contributed by atoms with van der Waals surface area (Å²) in [5.74, 6) is -0.470. The zero-order chi connectivity index (χ0) is 16.9. The van der Waals surface area contributed by atoms with Gasteiger partial charge in [0, 0.05) is 25.7 Å². The molecule has 0 bridgehead atoms. The summed E-state index contributed by atoms with van der Waals surface area (Å²) in [5.41, 5.74) is -0.991. The number of alkyl halides is 3. The highest BCUT2D eigenvalue weighted by molar-refractivity contribution is 6.31. The third kappa shape index (κ3) is 4.80. The van der Waals surface area contributed by atoms with E-state index in [1.54, 1.807) is 0 Å². The first-order valence-electron chi connectivity index (χ1n) is 6.13. The van der Waals surface area contributed by atoms with E-state index in [4.69, 9.17) is 11.6 Å². The van der Waals surface area contributed by atoms with Crippen molar-refractivity contribution in [2.75, 3.05) is 25.1 Å². The van der Waals surface area contributed by atoms with Crippen LogP contribution in [0.25, 0.3) is 0 Å². The Morgan fingerprint density at radius 2 is 2.00 bits per heavy atom. The number of carbonyl (C=O) groups excluding carboxylic acids is 2. The molecule has 0 aliphatic carbocycles. The summed E-state index contributed by atoms with van der Waals surface area (Å²) in [6.45, 7) is 1.22. The number of anilines is 1. The summed E-state index contributed by atoms with van der Waals surface area (Å²) in [6.07, 6.45) is -5.32. The van der Waals surface area contributed by atoms with Crippen LogP contribution < -0.4 is 10.2 Å². The molecule has 0 heterocycles. The van der Waals surface area contributed by atoms with E-state index in [9.17, 15) is 22.8 Å². The minimum Gasteiger partial charge on any atom is -0.453 e. The standard InChI is InChI=1S/C13H14ClF3N2O3/c1-8(20)19(6-5-18-12(21)22-2)9-3-4-11(14)10(7-9)13(15,16)17/h3-4,7H,5-6H2,1-2H3,(H,18,21). The number of ether oxygens (including phenoxy) is 1. The molecule has 0 spiro atoms. The van der Waals surface area contributed by atoms with Crippen LogP contribution in [-0.4, -0.2) is 32.2 Å². The number of nitrogens with zero attached hydrogens (tertiary/aromatic N) is 1. The molecule has 0 unspecified atom stereocenters. The number of amides is 2. The third-order valence-corrected chi connectivity index (χ3v) is 3.07. The van der Waals surface area contributed by atoms with Crippen LogP contribution in [0, 0.1) is 0 Å². The first-order valence-corrected chi connectivity index (χ1v) is 6.51. The van der Waals surface area contributed by atoms with Crippen LogP contribution in [0.15, 0.2) is 18.2 Å². The average molecular weight is 339 g/mol. The molecule has 0 radical (unpaired) electrons. The van der Waals surface area contributed by atoms with Crippen LogP contribution in [0.2, 0.25) is 5.02 Å². The highest BCUT2D eigenvalue weighted by atomic mass is 35.5. The molecule has 9 heteroatoms. The van der Waals surface area contributed by atoms with Gasteiger partial charge in [0.15, 0.2) is 0 Å².